The predicted octanol–water partition coefficient (Wildman–Crippen LogP) is 15.4. The highest BCUT2D eigenvalue weighted by atomic mass is 32.1. The molecule has 12 rings (SSSR count). The van der Waals surface area contributed by atoms with Gasteiger partial charge in [0.2, 0.25) is 0 Å². The molecule has 0 saturated heterocycles. The van der Waals surface area contributed by atoms with Crippen molar-refractivity contribution < 1.29 is 8.83 Å². The van der Waals surface area contributed by atoms with Gasteiger partial charge in [0.25, 0.3) is 0 Å². The van der Waals surface area contributed by atoms with E-state index in [1.54, 1.807) is 0 Å². The van der Waals surface area contributed by atoms with Crippen LogP contribution in [0.5, 0.6) is 0 Å². The first kappa shape index (κ1) is 29.2. The highest BCUT2D eigenvalue weighted by molar-refractivity contribution is 7.30. The number of para-hydroxylation sites is 2. The van der Waals surface area contributed by atoms with Gasteiger partial charge in [-0.25, -0.2) is 0 Å². The summed E-state index contributed by atoms with van der Waals surface area (Å²) >= 11 is 3.77. The molecule has 4 heterocycles. The van der Waals surface area contributed by atoms with Crippen molar-refractivity contribution in [3.05, 3.63) is 164 Å². The molecule has 0 aliphatic rings. The van der Waals surface area contributed by atoms with Crippen LogP contribution in [0.25, 0.3) is 95.3 Å². The third-order valence-corrected chi connectivity index (χ3v) is 13.1. The molecule has 0 N–H and O–H groups in total. The summed E-state index contributed by atoms with van der Waals surface area (Å²) in [6, 6.07) is 58.7. The Balaban J connectivity index is 1.09. The Kier molecular flexibility index (Phi) is 6.09. The van der Waals surface area contributed by atoms with Gasteiger partial charge >= 0.3 is 0 Å². The highest BCUT2D eigenvalue weighted by Crippen LogP contribution is 2.50. The summed E-state index contributed by atoms with van der Waals surface area (Å²) in [5.74, 6) is 0. The van der Waals surface area contributed by atoms with E-state index in [1.807, 2.05) is 40.9 Å². The van der Waals surface area contributed by atoms with Crippen molar-refractivity contribution in [2.75, 3.05) is 4.90 Å². The molecule has 0 radical (unpaired) electrons. The molecule has 3 nitrogen and oxygen atoms in total. The minimum absolute atomic E-state index is 0.874. The van der Waals surface area contributed by atoms with E-state index in [0.29, 0.717) is 0 Å². The van der Waals surface area contributed by atoms with E-state index in [0.717, 1.165) is 72.1 Å². The molecule has 0 fully saturated rings. The Labute approximate surface area is 311 Å². The summed E-state index contributed by atoms with van der Waals surface area (Å²) in [5.41, 5.74) is 9.13. The van der Waals surface area contributed by atoms with Gasteiger partial charge in [-0.3, -0.25) is 0 Å². The van der Waals surface area contributed by atoms with Crippen LogP contribution in [0, 0.1) is 0 Å². The molecule has 4 aromatic heterocycles. The van der Waals surface area contributed by atoms with E-state index in [2.05, 4.69) is 150 Å². The topological polar surface area (TPSA) is 29.5 Å². The Morgan fingerprint density at radius 3 is 1.87 bits per heavy atom. The maximum absolute atomic E-state index is 6.43. The molecule has 53 heavy (non-hydrogen) atoms. The number of thiophene rings is 2. The summed E-state index contributed by atoms with van der Waals surface area (Å²) in [5, 5.41) is 9.74. The molecule has 0 bridgehead atoms. The zero-order chi connectivity index (χ0) is 34.6. The molecular weight excluding hydrogens is 687 g/mol. The molecule has 0 atom stereocenters. The van der Waals surface area contributed by atoms with Gasteiger partial charge in [0.15, 0.2) is 0 Å². The van der Waals surface area contributed by atoms with Gasteiger partial charge in [-0.1, -0.05) is 97.1 Å². The Morgan fingerprint density at radius 2 is 0.981 bits per heavy atom. The maximum Gasteiger partial charge on any atom is 0.137 e. The van der Waals surface area contributed by atoms with Gasteiger partial charge in [0, 0.05) is 57.5 Å². The standard InChI is InChI=1S/C48H27NO2S2/c1-4-15-39-31(9-1)32-24-21-29(27-42(32)51-39)28-19-22-30(23-20-28)49(37-13-8-17-41-45(37)35-10-2-5-16-40(35)50-41)38-14-7-12-33-34-25-26-44-46(48(34)53-47(33)38)36-11-3-6-18-43(36)52-44/h1-27H. The Morgan fingerprint density at radius 1 is 0.358 bits per heavy atom. The van der Waals surface area contributed by atoms with E-state index < -0.39 is 0 Å². The van der Waals surface area contributed by atoms with Crippen LogP contribution in [-0.4, -0.2) is 0 Å². The summed E-state index contributed by atoms with van der Waals surface area (Å²) in [7, 11) is 0. The van der Waals surface area contributed by atoms with Crippen LogP contribution < -0.4 is 4.90 Å². The van der Waals surface area contributed by atoms with Crippen LogP contribution in [0.4, 0.5) is 17.1 Å². The van der Waals surface area contributed by atoms with Crippen LogP contribution >= 0.6 is 22.7 Å². The van der Waals surface area contributed by atoms with Gasteiger partial charge in [0.05, 0.1) is 21.5 Å². The lowest BCUT2D eigenvalue weighted by Gasteiger charge is -2.27. The molecule has 0 spiro atoms. The van der Waals surface area contributed by atoms with Crippen molar-refractivity contribution in [2.45, 2.75) is 0 Å². The van der Waals surface area contributed by atoms with Gasteiger partial charge < -0.3 is 13.7 Å². The second-order valence-corrected chi connectivity index (χ2v) is 15.7. The quantitative estimate of drug-likeness (QED) is 0.182. The Bertz CT molecular complexity index is 3420. The zero-order valence-corrected chi connectivity index (χ0v) is 29.8. The molecule has 0 saturated carbocycles. The predicted molar refractivity (Wildman–Crippen MR) is 227 cm³/mol. The van der Waals surface area contributed by atoms with E-state index >= 15 is 0 Å². The van der Waals surface area contributed by atoms with Gasteiger partial charge in [-0.15, -0.1) is 22.7 Å². The fourth-order valence-corrected chi connectivity index (χ4v) is 10.8. The van der Waals surface area contributed by atoms with E-state index in [-0.39, 0.29) is 0 Å². The molecule has 8 aromatic carbocycles. The van der Waals surface area contributed by atoms with Crippen molar-refractivity contribution in [3.63, 3.8) is 0 Å². The molecular formula is C48H27NO2S2. The first-order chi connectivity index (χ1) is 26.3. The van der Waals surface area contributed by atoms with Gasteiger partial charge in [-0.2, -0.15) is 0 Å². The SMILES string of the molecule is c1ccc2c(c1)oc1cc(-c3ccc(N(c4cccc5c4sc4c5ccc5sc6ccccc6c54)c4cccc5oc6ccccc6c45)cc3)ccc12. The van der Waals surface area contributed by atoms with Crippen LogP contribution in [-0.2, 0) is 0 Å². The number of rotatable bonds is 4. The third-order valence-electron chi connectivity index (χ3n) is 10.7. The second kappa shape index (κ2) is 11.1. The minimum Gasteiger partial charge on any atom is -0.456 e. The van der Waals surface area contributed by atoms with Crippen LogP contribution in [0.2, 0.25) is 0 Å². The van der Waals surface area contributed by atoms with Crippen LogP contribution in [0.3, 0.4) is 0 Å². The number of hydrogen-bond donors (Lipinski definition) is 0. The van der Waals surface area contributed by atoms with Crippen molar-refractivity contribution in [2.24, 2.45) is 0 Å². The monoisotopic (exact) mass is 713 g/mol. The normalized spacial score (nSPS) is 12.2. The average Bonchev–Trinajstić information content (AvgIpc) is 3.98. The fraction of sp³-hybridized carbons (Fsp3) is 0. The molecule has 0 aliphatic carbocycles. The first-order valence-electron chi connectivity index (χ1n) is 17.7. The number of anilines is 3. The lowest BCUT2D eigenvalue weighted by atomic mass is 10.0. The second-order valence-electron chi connectivity index (χ2n) is 13.6. The average molecular weight is 714 g/mol. The Hall–Kier alpha value is -6.40. The summed E-state index contributed by atoms with van der Waals surface area (Å²) in [4.78, 5) is 2.43. The first-order valence-corrected chi connectivity index (χ1v) is 19.4. The smallest absolute Gasteiger partial charge is 0.137 e. The minimum atomic E-state index is 0.874. The summed E-state index contributed by atoms with van der Waals surface area (Å²) < 4.78 is 17.9. The van der Waals surface area contributed by atoms with Crippen molar-refractivity contribution in [1.82, 2.24) is 0 Å². The van der Waals surface area contributed by atoms with Crippen LogP contribution in [0.15, 0.2) is 173 Å². The van der Waals surface area contributed by atoms with Crippen LogP contribution in [0.1, 0.15) is 0 Å². The number of nitrogens with zero attached hydrogens (tertiary/aromatic N) is 1. The number of hydrogen-bond acceptors (Lipinski definition) is 5. The van der Waals surface area contributed by atoms with Gasteiger partial charge in [-0.05, 0) is 77.9 Å². The summed E-state index contributed by atoms with van der Waals surface area (Å²) in [6.07, 6.45) is 0. The largest absolute Gasteiger partial charge is 0.456 e. The zero-order valence-electron chi connectivity index (χ0n) is 28.2. The lowest BCUT2D eigenvalue weighted by Crippen LogP contribution is -2.10. The molecule has 248 valence electrons. The summed E-state index contributed by atoms with van der Waals surface area (Å²) in [6.45, 7) is 0. The van der Waals surface area contributed by atoms with Gasteiger partial charge in [0.1, 0.15) is 22.3 Å². The van der Waals surface area contributed by atoms with Crippen molar-refractivity contribution >= 4 is 124 Å². The molecule has 5 heteroatoms. The fourth-order valence-electron chi connectivity index (χ4n) is 8.28. The number of benzene rings is 8. The third kappa shape index (κ3) is 4.26. The van der Waals surface area contributed by atoms with Crippen molar-refractivity contribution in [1.29, 1.82) is 0 Å². The molecule has 0 unspecified atom stereocenters. The molecule has 0 amide bonds. The number of furan rings is 2. The lowest BCUT2D eigenvalue weighted by molar-refractivity contribution is 0.668. The van der Waals surface area contributed by atoms with E-state index in [9.17, 15) is 0 Å². The van der Waals surface area contributed by atoms with E-state index in [1.165, 1.54) is 40.3 Å². The van der Waals surface area contributed by atoms with Crippen molar-refractivity contribution in [3.8, 4) is 11.1 Å². The molecule has 12 aromatic rings. The maximum atomic E-state index is 6.43. The highest BCUT2D eigenvalue weighted by Gasteiger charge is 2.23. The van der Waals surface area contributed by atoms with E-state index in [4.69, 9.17) is 8.83 Å². The molecule has 0 aliphatic heterocycles. The number of fused-ring (bicyclic) bond motifs is 13.